The van der Waals surface area contributed by atoms with Gasteiger partial charge in [0.05, 0.1) is 6.61 Å². The molecule has 94 valence electrons. The fraction of sp³-hybridized carbons (Fsp3) is 0.700. The highest BCUT2D eigenvalue weighted by atomic mass is 35.5. The number of aromatic nitrogens is 3. The summed E-state index contributed by atoms with van der Waals surface area (Å²) in [4.78, 5) is 5.89. The van der Waals surface area contributed by atoms with Crippen molar-refractivity contribution in [2.24, 2.45) is 5.92 Å². The standard InChI is InChI=1S/C10H14Cl2N4O/c1-16(4-5-17-6-7-2-3-7)9-8(11)14-15-10(12)13-9/h7H,2-6H2,1H3. The predicted octanol–water partition coefficient (Wildman–Crippen LogP) is 2.04. The van der Waals surface area contributed by atoms with E-state index in [4.69, 9.17) is 27.9 Å². The Kier molecular flexibility index (Phi) is 4.36. The van der Waals surface area contributed by atoms with Crippen LogP contribution in [0.15, 0.2) is 0 Å². The van der Waals surface area contributed by atoms with Crippen LogP contribution in [-0.4, -0.2) is 42.0 Å². The minimum absolute atomic E-state index is 0.0927. The summed E-state index contributed by atoms with van der Waals surface area (Å²) < 4.78 is 5.54. The third-order valence-electron chi connectivity index (χ3n) is 2.59. The molecule has 5 nitrogen and oxygen atoms in total. The van der Waals surface area contributed by atoms with Gasteiger partial charge in [-0.05, 0) is 30.4 Å². The van der Waals surface area contributed by atoms with Gasteiger partial charge in [0.25, 0.3) is 0 Å². The van der Waals surface area contributed by atoms with Gasteiger partial charge in [-0.2, -0.15) is 4.98 Å². The molecule has 17 heavy (non-hydrogen) atoms. The lowest BCUT2D eigenvalue weighted by Crippen LogP contribution is -2.24. The van der Waals surface area contributed by atoms with Gasteiger partial charge in [-0.3, -0.25) is 0 Å². The van der Waals surface area contributed by atoms with Crippen molar-refractivity contribution < 1.29 is 4.74 Å². The van der Waals surface area contributed by atoms with Crippen LogP contribution in [0.3, 0.4) is 0 Å². The number of hydrogen-bond acceptors (Lipinski definition) is 5. The molecule has 1 aliphatic carbocycles. The highest BCUT2D eigenvalue weighted by molar-refractivity contribution is 6.32. The normalized spacial score (nSPS) is 15.0. The zero-order valence-electron chi connectivity index (χ0n) is 9.57. The Balaban J connectivity index is 1.80. The first-order valence-corrected chi connectivity index (χ1v) is 6.27. The van der Waals surface area contributed by atoms with Crippen molar-refractivity contribution in [3.8, 4) is 0 Å². The maximum atomic E-state index is 5.89. The van der Waals surface area contributed by atoms with Gasteiger partial charge >= 0.3 is 0 Å². The third kappa shape index (κ3) is 3.94. The average molecular weight is 277 g/mol. The van der Waals surface area contributed by atoms with Gasteiger partial charge in [0.2, 0.25) is 5.28 Å². The number of halogens is 2. The van der Waals surface area contributed by atoms with Crippen molar-refractivity contribution in [1.82, 2.24) is 15.2 Å². The van der Waals surface area contributed by atoms with Crippen LogP contribution in [0.2, 0.25) is 10.4 Å². The lowest BCUT2D eigenvalue weighted by Gasteiger charge is -2.18. The number of hydrogen-bond donors (Lipinski definition) is 0. The summed E-state index contributed by atoms with van der Waals surface area (Å²) in [6.45, 7) is 2.19. The number of anilines is 1. The van der Waals surface area contributed by atoms with Crippen LogP contribution >= 0.6 is 23.2 Å². The molecule has 0 aromatic carbocycles. The molecule has 1 fully saturated rings. The Labute approximate surface area is 110 Å². The van der Waals surface area contributed by atoms with Crippen LogP contribution in [0, 0.1) is 5.92 Å². The summed E-state index contributed by atoms with van der Waals surface area (Å²) in [5, 5.41) is 7.61. The molecule has 0 N–H and O–H groups in total. The lowest BCUT2D eigenvalue weighted by atomic mass is 10.5. The van der Waals surface area contributed by atoms with Crippen LogP contribution in [0.5, 0.6) is 0 Å². The van der Waals surface area contributed by atoms with E-state index in [1.54, 1.807) is 0 Å². The first-order chi connectivity index (χ1) is 8.16. The Morgan fingerprint density at radius 1 is 1.35 bits per heavy atom. The minimum Gasteiger partial charge on any atom is -0.379 e. The molecule has 0 aliphatic heterocycles. The molecule has 0 radical (unpaired) electrons. The Bertz CT molecular complexity index is 387. The summed E-state index contributed by atoms with van der Waals surface area (Å²) >= 11 is 11.6. The van der Waals surface area contributed by atoms with Gasteiger partial charge in [0.1, 0.15) is 0 Å². The molecule has 7 heteroatoms. The Hall–Kier alpha value is -0.650. The number of nitrogens with zero attached hydrogens (tertiary/aromatic N) is 4. The van der Waals surface area contributed by atoms with Crippen LogP contribution in [-0.2, 0) is 4.74 Å². The van der Waals surface area contributed by atoms with E-state index in [0.717, 1.165) is 12.5 Å². The van der Waals surface area contributed by atoms with Gasteiger partial charge < -0.3 is 9.64 Å². The first kappa shape index (κ1) is 12.8. The SMILES string of the molecule is CN(CCOCC1CC1)c1nc(Cl)nnc1Cl. The summed E-state index contributed by atoms with van der Waals surface area (Å²) in [7, 11) is 1.87. The molecular formula is C10H14Cl2N4O. The van der Waals surface area contributed by atoms with E-state index in [9.17, 15) is 0 Å². The van der Waals surface area contributed by atoms with Gasteiger partial charge in [0.15, 0.2) is 11.0 Å². The number of rotatable bonds is 6. The zero-order chi connectivity index (χ0) is 12.3. The molecule has 0 atom stereocenters. The van der Waals surface area contributed by atoms with Crippen LogP contribution < -0.4 is 4.90 Å². The first-order valence-electron chi connectivity index (χ1n) is 5.51. The third-order valence-corrected chi connectivity index (χ3v) is 2.99. The summed E-state index contributed by atoms with van der Waals surface area (Å²) in [6.07, 6.45) is 2.60. The van der Waals surface area contributed by atoms with Crippen molar-refractivity contribution in [1.29, 1.82) is 0 Å². The molecule has 2 rings (SSSR count). The van der Waals surface area contributed by atoms with E-state index in [0.29, 0.717) is 19.0 Å². The fourth-order valence-electron chi connectivity index (χ4n) is 1.37. The molecule has 1 aromatic rings. The Morgan fingerprint density at radius 2 is 2.12 bits per heavy atom. The second kappa shape index (κ2) is 5.80. The van der Waals surface area contributed by atoms with E-state index in [-0.39, 0.29) is 10.4 Å². The van der Waals surface area contributed by atoms with Crippen LogP contribution in [0.1, 0.15) is 12.8 Å². The predicted molar refractivity (Wildman–Crippen MR) is 66.7 cm³/mol. The van der Waals surface area contributed by atoms with Gasteiger partial charge in [-0.15, -0.1) is 10.2 Å². The molecule has 0 unspecified atom stereocenters. The molecule has 1 heterocycles. The molecular weight excluding hydrogens is 263 g/mol. The van der Waals surface area contributed by atoms with Crippen molar-refractivity contribution in [3.63, 3.8) is 0 Å². The number of likely N-dealkylation sites (N-methyl/N-ethyl adjacent to an activating group) is 1. The van der Waals surface area contributed by atoms with E-state index >= 15 is 0 Å². The maximum Gasteiger partial charge on any atom is 0.245 e. The molecule has 0 spiro atoms. The fourth-order valence-corrected chi connectivity index (χ4v) is 1.71. The monoisotopic (exact) mass is 276 g/mol. The number of ether oxygens (including phenoxy) is 1. The second-order valence-electron chi connectivity index (χ2n) is 4.14. The van der Waals surface area contributed by atoms with E-state index in [2.05, 4.69) is 15.2 Å². The van der Waals surface area contributed by atoms with Crippen molar-refractivity contribution >= 4 is 29.0 Å². The second-order valence-corrected chi connectivity index (χ2v) is 4.83. The summed E-state index contributed by atoms with van der Waals surface area (Å²) in [6, 6.07) is 0. The summed E-state index contributed by atoms with van der Waals surface area (Å²) in [5.74, 6) is 1.31. The largest absolute Gasteiger partial charge is 0.379 e. The smallest absolute Gasteiger partial charge is 0.245 e. The van der Waals surface area contributed by atoms with E-state index in [1.807, 2.05) is 11.9 Å². The van der Waals surface area contributed by atoms with E-state index < -0.39 is 0 Å². The lowest BCUT2D eigenvalue weighted by molar-refractivity contribution is 0.131. The highest BCUT2D eigenvalue weighted by Crippen LogP contribution is 2.28. The Morgan fingerprint density at radius 3 is 2.82 bits per heavy atom. The zero-order valence-corrected chi connectivity index (χ0v) is 11.1. The summed E-state index contributed by atoms with van der Waals surface area (Å²) in [5.41, 5.74) is 0. The van der Waals surface area contributed by atoms with Crippen molar-refractivity contribution in [2.45, 2.75) is 12.8 Å². The van der Waals surface area contributed by atoms with E-state index in [1.165, 1.54) is 12.8 Å². The average Bonchev–Trinajstić information content (AvgIpc) is 3.11. The molecule has 1 aromatic heterocycles. The van der Waals surface area contributed by atoms with Gasteiger partial charge in [0, 0.05) is 20.2 Å². The van der Waals surface area contributed by atoms with Gasteiger partial charge in [-0.1, -0.05) is 11.6 Å². The van der Waals surface area contributed by atoms with Gasteiger partial charge in [-0.25, -0.2) is 0 Å². The molecule has 0 saturated heterocycles. The van der Waals surface area contributed by atoms with Crippen LogP contribution in [0.4, 0.5) is 5.82 Å². The van der Waals surface area contributed by atoms with Crippen molar-refractivity contribution in [2.75, 3.05) is 31.7 Å². The maximum absolute atomic E-state index is 5.89. The molecule has 0 amide bonds. The molecule has 1 aliphatic rings. The van der Waals surface area contributed by atoms with Crippen molar-refractivity contribution in [3.05, 3.63) is 10.4 Å². The minimum atomic E-state index is 0.0927. The highest BCUT2D eigenvalue weighted by Gasteiger charge is 2.21. The molecule has 1 saturated carbocycles. The molecule has 0 bridgehead atoms. The van der Waals surface area contributed by atoms with Crippen LogP contribution in [0.25, 0.3) is 0 Å². The quantitative estimate of drug-likeness (QED) is 0.745. The topological polar surface area (TPSA) is 51.1 Å².